The normalized spacial score (nSPS) is 12.1. The highest BCUT2D eigenvalue weighted by atomic mass is 14.9. The molecule has 0 saturated carbocycles. The van der Waals surface area contributed by atoms with Crippen LogP contribution in [-0.4, -0.2) is 10.8 Å². The van der Waals surface area contributed by atoms with Crippen LogP contribution in [0, 0.1) is 0 Å². The van der Waals surface area contributed by atoms with Gasteiger partial charge in [0, 0.05) is 12.4 Å². The van der Waals surface area contributed by atoms with E-state index in [9.17, 15) is 0 Å². The highest BCUT2D eigenvalue weighted by molar-refractivity contribution is 5.97. The summed E-state index contributed by atoms with van der Waals surface area (Å²) in [6.07, 6.45) is 7.35. The molecule has 0 saturated heterocycles. The van der Waals surface area contributed by atoms with Gasteiger partial charge in [0.1, 0.15) is 5.84 Å². The summed E-state index contributed by atoms with van der Waals surface area (Å²) in [6, 6.07) is 9.30. The summed E-state index contributed by atoms with van der Waals surface area (Å²) in [5.74, 6) is 0.420. The first-order valence-corrected chi connectivity index (χ1v) is 5.25. The summed E-state index contributed by atoms with van der Waals surface area (Å²) in [6.45, 7) is 0. The predicted octanol–water partition coefficient (Wildman–Crippen LogP) is 2.30. The zero-order valence-corrected chi connectivity index (χ0v) is 9.30. The first kappa shape index (κ1) is 11.0. The van der Waals surface area contributed by atoms with Gasteiger partial charge in [-0.1, -0.05) is 12.1 Å². The number of nitrogens with one attached hydrogen (secondary N) is 1. The number of H-pyrrole nitrogens is 1. The standard InChI is InChI=1S/C13H14N4/c14-11-3-1-2-4-12(11)17-13(15)6-5-10-7-8-16-9-10/h1-9,16H,14H2,(H2,15,17)/b6-5+. The van der Waals surface area contributed by atoms with Gasteiger partial charge in [0.2, 0.25) is 0 Å². The molecule has 0 fully saturated rings. The van der Waals surface area contributed by atoms with E-state index in [0.29, 0.717) is 17.2 Å². The van der Waals surface area contributed by atoms with Gasteiger partial charge < -0.3 is 16.5 Å². The molecule has 4 heteroatoms. The molecular formula is C13H14N4. The van der Waals surface area contributed by atoms with E-state index in [-0.39, 0.29) is 0 Å². The number of nitrogens with zero attached hydrogens (tertiary/aromatic N) is 1. The Morgan fingerprint density at radius 1 is 1.24 bits per heavy atom. The van der Waals surface area contributed by atoms with Crippen molar-refractivity contribution in [2.45, 2.75) is 0 Å². The van der Waals surface area contributed by atoms with Gasteiger partial charge in [0.15, 0.2) is 0 Å². The van der Waals surface area contributed by atoms with E-state index in [2.05, 4.69) is 9.98 Å². The number of nitrogens with two attached hydrogens (primary N) is 2. The van der Waals surface area contributed by atoms with Crippen molar-refractivity contribution in [2.24, 2.45) is 10.7 Å². The third-order valence-corrected chi connectivity index (χ3v) is 2.25. The fourth-order valence-electron chi connectivity index (χ4n) is 1.39. The minimum Gasteiger partial charge on any atom is -0.397 e. The Bertz CT molecular complexity index is 538. The number of hydrogen-bond donors (Lipinski definition) is 3. The average molecular weight is 226 g/mol. The van der Waals surface area contributed by atoms with Crippen LogP contribution in [0.15, 0.2) is 53.8 Å². The van der Waals surface area contributed by atoms with Crippen LogP contribution in [0.25, 0.3) is 6.08 Å². The number of aliphatic imine (C=N–C) groups is 1. The van der Waals surface area contributed by atoms with E-state index in [1.165, 1.54) is 0 Å². The molecule has 1 aromatic heterocycles. The maximum absolute atomic E-state index is 5.79. The molecule has 5 N–H and O–H groups in total. The van der Waals surface area contributed by atoms with Gasteiger partial charge in [-0.3, -0.25) is 0 Å². The number of benzene rings is 1. The predicted molar refractivity (Wildman–Crippen MR) is 72.0 cm³/mol. The van der Waals surface area contributed by atoms with E-state index in [1.807, 2.05) is 42.7 Å². The molecule has 4 nitrogen and oxygen atoms in total. The van der Waals surface area contributed by atoms with Gasteiger partial charge in [0.05, 0.1) is 11.4 Å². The summed E-state index contributed by atoms with van der Waals surface area (Å²) in [7, 11) is 0. The van der Waals surface area contributed by atoms with E-state index in [0.717, 1.165) is 5.56 Å². The first-order valence-electron chi connectivity index (χ1n) is 5.25. The third-order valence-electron chi connectivity index (χ3n) is 2.25. The second-order valence-electron chi connectivity index (χ2n) is 3.57. The first-order chi connectivity index (χ1) is 8.25. The Balaban J connectivity index is 2.15. The maximum atomic E-state index is 5.79. The molecule has 0 aliphatic heterocycles. The number of rotatable bonds is 3. The number of amidine groups is 1. The SMILES string of the molecule is NC(/C=C/c1cc[nH]c1)=Nc1ccccc1N. The Hall–Kier alpha value is -2.49. The number of anilines is 1. The lowest BCUT2D eigenvalue weighted by Gasteiger charge is -1.99. The van der Waals surface area contributed by atoms with Crippen molar-refractivity contribution in [1.82, 2.24) is 4.98 Å². The van der Waals surface area contributed by atoms with Crippen LogP contribution in [-0.2, 0) is 0 Å². The van der Waals surface area contributed by atoms with Crippen LogP contribution in [0.5, 0.6) is 0 Å². The van der Waals surface area contributed by atoms with Crippen LogP contribution in [0.4, 0.5) is 11.4 Å². The highest BCUT2D eigenvalue weighted by Gasteiger charge is 1.95. The molecule has 1 aromatic carbocycles. The fourth-order valence-corrected chi connectivity index (χ4v) is 1.39. The van der Waals surface area contributed by atoms with Crippen molar-refractivity contribution in [3.63, 3.8) is 0 Å². The Kier molecular flexibility index (Phi) is 3.25. The van der Waals surface area contributed by atoms with Crippen LogP contribution >= 0.6 is 0 Å². The zero-order chi connectivity index (χ0) is 12.1. The van der Waals surface area contributed by atoms with Crippen molar-refractivity contribution >= 4 is 23.3 Å². The Morgan fingerprint density at radius 2 is 2.06 bits per heavy atom. The van der Waals surface area contributed by atoms with Gasteiger partial charge in [0.25, 0.3) is 0 Å². The van der Waals surface area contributed by atoms with Gasteiger partial charge >= 0.3 is 0 Å². The number of nitrogen functional groups attached to an aromatic ring is 1. The molecule has 17 heavy (non-hydrogen) atoms. The quantitative estimate of drug-likeness (QED) is 0.426. The lowest BCUT2D eigenvalue weighted by Crippen LogP contribution is -2.06. The molecule has 0 bridgehead atoms. The molecule has 0 amide bonds. The minimum atomic E-state index is 0.420. The molecule has 86 valence electrons. The van der Waals surface area contributed by atoms with Crippen LogP contribution in [0.1, 0.15) is 5.56 Å². The van der Waals surface area contributed by atoms with E-state index < -0.39 is 0 Å². The summed E-state index contributed by atoms with van der Waals surface area (Å²) in [5, 5.41) is 0. The van der Waals surface area contributed by atoms with Crippen molar-refractivity contribution in [2.75, 3.05) is 5.73 Å². The highest BCUT2D eigenvalue weighted by Crippen LogP contribution is 2.20. The molecule has 1 heterocycles. The number of hydrogen-bond acceptors (Lipinski definition) is 2. The van der Waals surface area contributed by atoms with Crippen molar-refractivity contribution in [3.05, 3.63) is 54.4 Å². The third kappa shape index (κ3) is 2.98. The molecule has 0 spiro atoms. The van der Waals surface area contributed by atoms with Gasteiger partial charge in [-0.2, -0.15) is 0 Å². The summed E-state index contributed by atoms with van der Waals surface area (Å²) < 4.78 is 0. The molecule has 2 aromatic rings. The Morgan fingerprint density at radius 3 is 2.76 bits per heavy atom. The number of aromatic nitrogens is 1. The molecule has 0 aliphatic rings. The van der Waals surface area contributed by atoms with Gasteiger partial charge in [-0.05, 0) is 35.9 Å². The second kappa shape index (κ2) is 5.03. The van der Waals surface area contributed by atoms with Crippen LogP contribution < -0.4 is 11.5 Å². The van der Waals surface area contributed by atoms with E-state index in [4.69, 9.17) is 11.5 Å². The summed E-state index contributed by atoms with van der Waals surface area (Å²) >= 11 is 0. The molecule has 0 atom stereocenters. The van der Waals surface area contributed by atoms with Crippen LogP contribution in [0.3, 0.4) is 0 Å². The maximum Gasteiger partial charge on any atom is 0.124 e. The smallest absolute Gasteiger partial charge is 0.124 e. The van der Waals surface area contributed by atoms with E-state index >= 15 is 0 Å². The lowest BCUT2D eigenvalue weighted by molar-refractivity contribution is 1.41. The Labute approximate surface area is 99.7 Å². The van der Waals surface area contributed by atoms with Crippen LogP contribution in [0.2, 0.25) is 0 Å². The largest absolute Gasteiger partial charge is 0.397 e. The number of aromatic amines is 1. The molecular weight excluding hydrogens is 212 g/mol. The molecule has 0 aliphatic carbocycles. The van der Waals surface area contributed by atoms with Gasteiger partial charge in [-0.25, -0.2) is 4.99 Å². The van der Waals surface area contributed by atoms with E-state index in [1.54, 1.807) is 12.1 Å². The molecule has 0 radical (unpaired) electrons. The minimum absolute atomic E-state index is 0.420. The lowest BCUT2D eigenvalue weighted by atomic mass is 10.2. The summed E-state index contributed by atoms with van der Waals surface area (Å²) in [4.78, 5) is 7.19. The van der Waals surface area contributed by atoms with Gasteiger partial charge in [-0.15, -0.1) is 0 Å². The zero-order valence-electron chi connectivity index (χ0n) is 9.30. The number of para-hydroxylation sites is 2. The topological polar surface area (TPSA) is 80.2 Å². The molecule has 2 rings (SSSR count). The average Bonchev–Trinajstić information content (AvgIpc) is 2.82. The fraction of sp³-hybridized carbons (Fsp3) is 0. The van der Waals surface area contributed by atoms with Crippen molar-refractivity contribution in [3.8, 4) is 0 Å². The molecule has 0 unspecified atom stereocenters. The van der Waals surface area contributed by atoms with Crippen molar-refractivity contribution in [1.29, 1.82) is 0 Å². The second-order valence-corrected chi connectivity index (χ2v) is 3.57. The summed E-state index contributed by atoms with van der Waals surface area (Å²) in [5.41, 5.74) is 13.9. The van der Waals surface area contributed by atoms with Crippen molar-refractivity contribution < 1.29 is 0 Å². The monoisotopic (exact) mass is 226 g/mol.